The molecule has 0 radical (unpaired) electrons. The maximum absolute atomic E-state index is 12.9. The lowest BCUT2D eigenvalue weighted by Crippen LogP contribution is -2.53. The van der Waals surface area contributed by atoms with Crippen molar-refractivity contribution in [1.82, 2.24) is 10.3 Å². The van der Waals surface area contributed by atoms with E-state index in [1.807, 2.05) is 38.1 Å². The van der Waals surface area contributed by atoms with Gasteiger partial charge in [0.25, 0.3) is 0 Å². The Labute approximate surface area is 180 Å². The van der Waals surface area contributed by atoms with Crippen molar-refractivity contribution in [2.45, 2.75) is 50.3 Å². The summed E-state index contributed by atoms with van der Waals surface area (Å²) in [6.45, 7) is 4.44. The van der Waals surface area contributed by atoms with E-state index in [0.29, 0.717) is 11.7 Å². The van der Waals surface area contributed by atoms with Crippen molar-refractivity contribution >= 4 is 28.5 Å². The van der Waals surface area contributed by atoms with Crippen LogP contribution in [-0.4, -0.2) is 49.8 Å². The number of hydrogen-bond acceptors (Lipinski definition) is 7. The molecule has 1 aromatic carbocycles. The Bertz CT molecular complexity index is 932. The Balaban J connectivity index is 1.47. The lowest BCUT2D eigenvalue weighted by molar-refractivity contribution is -0.129. The minimum absolute atomic E-state index is 0.143. The van der Waals surface area contributed by atoms with Crippen molar-refractivity contribution < 1.29 is 15.0 Å². The van der Waals surface area contributed by atoms with E-state index in [9.17, 15) is 15.0 Å². The van der Waals surface area contributed by atoms with Crippen molar-refractivity contribution in [2.24, 2.45) is 10.9 Å². The van der Waals surface area contributed by atoms with E-state index < -0.39 is 24.2 Å². The number of hydrogen-bond donors (Lipinski definition) is 4. The standard InChI is InChI=1S/C22H26N4O3S/c1-12-6-13(2)8-15(7-12)25-22-26-18-19(28)17(27)9-16(20(18)30-22)21(29)24-11-14-4-3-5-23-10-14/h3-8,10,16-20,27-28H,9,11H2,1-2H3,(H,24,29)(H,25,26)/t16-,17+,18-,19-,20+/m0/s1. The third kappa shape index (κ3) is 4.50. The Morgan fingerprint density at radius 1 is 1.23 bits per heavy atom. The molecule has 2 heterocycles. The quantitative estimate of drug-likeness (QED) is 0.596. The van der Waals surface area contributed by atoms with Gasteiger partial charge in [0.1, 0.15) is 6.10 Å². The highest BCUT2D eigenvalue weighted by atomic mass is 32.2. The van der Waals surface area contributed by atoms with Crippen LogP contribution in [0.3, 0.4) is 0 Å². The highest BCUT2D eigenvalue weighted by Gasteiger charge is 2.50. The second-order valence-electron chi connectivity index (χ2n) is 7.99. The summed E-state index contributed by atoms with van der Waals surface area (Å²) in [6, 6.07) is 9.35. The van der Waals surface area contributed by atoms with Gasteiger partial charge < -0.3 is 20.8 Å². The summed E-state index contributed by atoms with van der Waals surface area (Å²) in [5, 5.41) is 27.5. The van der Waals surface area contributed by atoms with Crippen molar-refractivity contribution in [3.05, 3.63) is 59.4 Å². The number of aromatic nitrogens is 1. The summed E-state index contributed by atoms with van der Waals surface area (Å²) in [5.41, 5.74) is 4.11. The van der Waals surface area contributed by atoms with Gasteiger partial charge >= 0.3 is 0 Å². The second-order valence-corrected chi connectivity index (χ2v) is 9.15. The Morgan fingerprint density at radius 3 is 2.70 bits per heavy atom. The largest absolute Gasteiger partial charge is 0.390 e. The zero-order valence-electron chi connectivity index (χ0n) is 16.9. The average molecular weight is 427 g/mol. The number of thioether (sulfide) groups is 1. The van der Waals surface area contributed by atoms with E-state index in [1.165, 1.54) is 11.8 Å². The van der Waals surface area contributed by atoms with Gasteiger partial charge in [-0.2, -0.15) is 0 Å². The molecule has 7 nitrogen and oxygen atoms in total. The van der Waals surface area contributed by atoms with Crippen molar-refractivity contribution in [3.63, 3.8) is 0 Å². The zero-order chi connectivity index (χ0) is 21.3. The molecular formula is C22H26N4O3S. The third-order valence-corrected chi connectivity index (χ3v) is 6.80. The number of fused-ring (bicyclic) bond motifs is 1. The molecular weight excluding hydrogens is 400 g/mol. The van der Waals surface area contributed by atoms with Gasteiger partial charge in [0.2, 0.25) is 5.91 Å². The molecule has 1 aliphatic carbocycles. The molecule has 1 fully saturated rings. The Morgan fingerprint density at radius 2 is 2.00 bits per heavy atom. The summed E-state index contributed by atoms with van der Waals surface area (Å²) in [4.78, 5) is 21.6. The minimum Gasteiger partial charge on any atom is -0.390 e. The number of aliphatic hydroxyl groups excluding tert-OH is 2. The first-order chi connectivity index (χ1) is 14.4. The number of nitrogens with one attached hydrogen (secondary N) is 2. The van der Waals surface area contributed by atoms with Gasteiger partial charge in [-0.25, -0.2) is 0 Å². The maximum Gasteiger partial charge on any atom is 0.224 e. The van der Waals surface area contributed by atoms with Gasteiger partial charge in [0, 0.05) is 29.9 Å². The molecule has 1 saturated carbocycles. The number of nitrogens with zero attached hydrogens (tertiary/aromatic N) is 2. The van der Waals surface area contributed by atoms with E-state index >= 15 is 0 Å². The lowest BCUT2D eigenvalue weighted by atomic mass is 9.81. The lowest BCUT2D eigenvalue weighted by Gasteiger charge is -2.37. The van der Waals surface area contributed by atoms with Gasteiger partial charge in [-0.1, -0.05) is 23.9 Å². The van der Waals surface area contributed by atoms with Crippen LogP contribution in [0.2, 0.25) is 0 Å². The SMILES string of the molecule is Cc1cc(C)cc(NC2=N[C@H]3[C@@H](O)[C@H](O)C[C@H](C(=O)NCc4cccnc4)[C@H]3S2)c1. The van der Waals surface area contributed by atoms with Gasteiger partial charge in [-0.05, 0) is 55.2 Å². The van der Waals surface area contributed by atoms with E-state index in [2.05, 4.69) is 26.7 Å². The van der Waals surface area contributed by atoms with Crippen LogP contribution in [0.25, 0.3) is 0 Å². The number of carbonyl (C=O) groups is 1. The molecule has 0 saturated heterocycles. The molecule has 4 N–H and O–H groups in total. The van der Waals surface area contributed by atoms with Gasteiger partial charge in [0.05, 0.1) is 18.1 Å². The number of amides is 1. The molecule has 8 heteroatoms. The van der Waals surface area contributed by atoms with Crippen LogP contribution in [0.1, 0.15) is 23.1 Å². The zero-order valence-corrected chi connectivity index (χ0v) is 17.8. The van der Waals surface area contributed by atoms with Crippen LogP contribution in [0.5, 0.6) is 0 Å². The first-order valence-electron chi connectivity index (χ1n) is 10.0. The average Bonchev–Trinajstić information content (AvgIpc) is 3.12. The number of carbonyl (C=O) groups excluding carboxylic acids is 1. The smallest absolute Gasteiger partial charge is 0.224 e. The van der Waals surface area contributed by atoms with E-state index in [4.69, 9.17) is 0 Å². The number of amidine groups is 1. The van der Waals surface area contributed by atoms with E-state index in [0.717, 1.165) is 22.4 Å². The van der Waals surface area contributed by atoms with Crippen molar-refractivity contribution in [2.75, 3.05) is 5.32 Å². The molecule has 2 aliphatic rings. The van der Waals surface area contributed by atoms with Gasteiger partial charge in [-0.15, -0.1) is 0 Å². The Kier molecular flexibility index (Phi) is 6.08. The highest BCUT2D eigenvalue weighted by molar-refractivity contribution is 8.15. The van der Waals surface area contributed by atoms with Crippen LogP contribution < -0.4 is 10.6 Å². The topological polar surface area (TPSA) is 107 Å². The second kappa shape index (κ2) is 8.75. The minimum atomic E-state index is -0.983. The number of aliphatic imine (C=N–C) groups is 1. The molecule has 5 atom stereocenters. The highest BCUT2D eigenvalue weighted by Crippen LogP contribution is 2.41. The fourth-order valence-electron chi connectivity index (χ4n) is 4.10. The fourth-order valence-corrected chi connectivity index (χ4v) is 5.48. The molecule has 158 valence electrons. The molecule has 1 amide bonds. The summed E-state index contributed by atoms with van der Waals surface area (Å²) in [5.74, 6) is -0.590. The number of pyridine rings is 1. The van der Waals surface area contributed by atoms with Gasteiger partial charge in [-0.3, -0.25) is 14.8 Å². The number of aliphatic hydroxyl groups is 2. The van der Waals surface area contributed by atoms with Crippen LogP contribution >= 0.6 is 11.8 Å². The number of benzene rings is 1. The maximum atomic E-state index is 12.9. The van der Waals surface area contributed by atoms with Crippen LogP contribution in [0.4, 0.5) is 5.69 Å². The van der Waals surface area contributed by atoms with Crippen LogP contribution in [0.15, 0.2) is 47.7 Å². The molecule has 0 bridgehead atoms. The monoisotopic (exact) mass is 426 g/mol. The van der Waals surface area contributed by atoms with Crippen LogP contribution in [0, 0.1) is 19.8 Å². The van der Waals surface area contributed by atoms with E-state index in [-0.39, 0.29) is 17.6 Å². The summed E-state index contributed by atoms with van der Waals surface area (Å²) in [7, 11) is 0. The third-order valence-electron chi connectivity index (χ3n) is 5.49. The first kappa shape index (κ1) is 20.8. The molecule has 1 aliphatic heterocycles. The first-order valence-corrected chi connectivity index (χ1v) is 10.9. The molecule has 1 aromatic heterocycles. The predicted molar refractivity (Wildman–Crippen MR) is 118 cm³/mol. The molecule has 0 spiro atoms. The predicted octanol–water partition coefficient (Wildman–Crippen LogP) is 2.01. The Hall–Kier alpha value is -2.42. The van der Waals surface area contributed by atoms with Crippen LogP contribution in [-0.2, 0) is 11.3 Å². The summed E-state index contributed by atoms with van der Waals surface area (Å²) < 4.78 is 0. The number of rotatable bonds is 4. The summed E-state index contributed by atoms with van der Waals surface area (Å²) in [6.07, 6.45) is 1.64. The molecule has 0 unspecified atom stereocenters. The van der Waals surface area contributed by atoms with Crippen molar-refractivity contribution in [1.29, 1.82) is 0 Å². The summed E-state index contributed by atoms with van der Waals surface area (Å²) >= 11 is 1.46. The normalized spacial score (nSPS) is 27.9. The van der Waals surface area contributed by atoms with E-state index in [1.54, 1.807) is 12.4 Å². The van der Waals surface area contributed by atoms with Gasteiger partial charge in [0.15, 0.2) is 5.17 Å². The number of aryl methyl sites for hydroxylation is 2. The number of anilines is 1. The molecule has 30 heavy (non-hydrogen) atoms. The fraction of sp³-hybridized carbons (Fsp3) is 0.409. The van der Waals surface area contributed by atoms with Crippen molar-refractivity contribution in [3.8, 4) is 0 Å². The molecule has 2 aromatic rings. The molecule has 4 rings (SSSR count).